The summed E-state index contributed by atoms with van der Waals surface area (Å²) in [6.07, 6.45) is 4.83. The highest BCUT2D eigenvalue weighted by Crippen LogP contribution is 2.19. The maximum atomic E-state index is 13.8. The Morgan fingerprint density at radius 3 is 2.94 bits per heavy atom. The van der Waals surface area contributed by atoms with Gasteiger partial charge in [0.25, 0.3) is 0 Å². The fourth-order valence-corrected chi connectivity index (χ4v) is 1.87. The van der Waals surface area contributed by atoms with Crippen molar-refractivity contribution in [3.05, 3.63) is 54.0 Å². The Hall–Kier alpha value is -1.68. The predicted octanol–water partition coefficient (Wildman–Crippen LogP) is 3.10. The van der Waals surface area contributed by atoms with Crippen molar-refractivity contribution in [2.45, 2.75) is 25.8 Å². The summed E-state index contributed by atoms with van der Waals surface area (Å²) in [6.45, 7) is 2.90. The van der Waals surface area contributed by atoms with Gasteiger partial charge in [0.1, 0.15) is 11.6 Å². The zero-order valence-electron chi connectivity index (χ0n) is 10.4. The highest BCUT2D eigenvalue weighted by atomic mass is 19.1. The van der Waals surface area contributed by atoms with Gasteiger partial charge in [-0.05, 0) is 37.2 Å². The Bertz CT molecular complexity index is 470. The Morgan fingerprint density at radius 2 is 2.28 bits per heavy atom. The molecule has 96 valence electrons. The molecule has 2 rings (SSSR count). The minimum Gasteiger partial charge on any atom is -0.469 e. The van der Waals surface area contributed by atoms with Crippen molar-refractivity contribution in [2.24, 2.45) is 0 Å². The summed E-state index contributed by atoms with van der Waals surface area (Å²) in [5.74, 6) is 0.548. The fraction of sp³-hybridized carbons (Fsp3) is 0.357. The maximum absolute atomic E-state index is 13.8. The van der Waals surface area contributed by atoms with Crippen LogP contribution in [0.4, 0.5) is 4.39 Å². The van der Waals surface area contributed by atoms with Gasteiger partial charge in [-0.15, -0.1) is 0 Å². The number of halogens is 1. The summed E-state index contributed by atoms with van der Waals surface area (Å²) < 4.78 is 19.1. The molecule has 1 unspecified atom stereocenters. The van der Waals surface area contributed by atoms with Crippen LogP contribution in [0.3, 0.4) is 0 Å². The highest BCUT2D eigenvalue weighted by Gasteiger charge is 2.17. The van der Waals surface area contributed by atoms with E-state index in [9.17, 15) is 4.39 Å². The molecule has 0 bridgehead atoms. The molecule has 0 aromatic carbocycles. The van der Waals surface area contributed by atoms with Crippen LogP contribution in [0.25, 0.3) is 0 Å². The van der Waals surface area contributed by atoms with Crippen molar-refractivity contribution in [2.75, 3.05) is 6.54 Å². The van der Waals surface area contributed by atoms with Crippen LogP contribution < -0.4 is 5.32 Å². The van der Waals surface area contributed by atoms with Gasteiger partial charge in [0.05, 0.1) is 18.0 Å². The average molecular weight is 248 g/mol. The van der Waals surface area contributed by atoms with Crippen LogP contribution in [0.15, 0.2) is 41.1 Å². The summed E-state index contributed by atoms with van der Waals surface area (Å²) in [4.78, 5) is 4.13. The van der Waals surface area contributed by atoms with Gasteiger partial charge in [-0.1, -0.05) is 6.92 Å². The molecule has 0 saturated carbocycles. The van der Waals surface area contributed by atoms with Crippen LogP contribution in [-0.4, -0.2) is 11.5 Å². The maximum Gasteiger partial charge on any atom is 0.146 e. The molecule has 2 aromatic rings. The van der Waals surface area contributed by atoms with Crippen molar-refractivity contribution < 1.29 is 8.81 Å². The number of nitrogens with zero attached hydrogens (tertiary/aromatic N) is 1. The van der Waals surface area contributed by atoms with Gasteiger partial charge < -0.3 is 9.73 Å². The zero-order valence-corrected chi connectivity index (χ0v) is 10.4. The number of hydrogen-bond donors (Lipinski definition) is 1. The van der Waals surface area contributed by atoms with Crippen LogP contribution >= 0.6 is 0 Å². The van der Waals surface area contributed by atoms with E-state index in [-0.39, 0.29) is 11.9 Å². The summed E-state index contributed by atoms with van der Waals surface area (Å²) in [7, 11) is 0. The molecule has 0 radical (unpaired) electrons. The standard InChI is InChI=1S/C14H17FN2O/c1-2-7-16-13(10-11-5-4-9-18-11)14-12(15)6-3-8-17-14/h3-6,8-9,13,16H,2,7,10H2,1H3. The van der Waals surface area contributed by atoms with Crippen LogP contribution in [0, 0.1) is 5.82 Å². The van der Waals surface area contributed by atoms with Gasteiger partial charge >= 0.3 is 0 Å². The molecule has 1 atom stereocenters. The van der Waals surface area contributed by atoms with Gasteiger partial charge in [0.2, 0.25) is 0 Å². The van der Waals surface area contributed by atoms with E-state index < -0.39 is 0 Å². The summed E-state index contributed by atoms with van der Waals surface area (Å²) in [5.41, 5.74) is 0.447. The normalized spacial score (nSPS) is 12.6. The van der Waals surface area contributed by atoms with Crippen molar-refractivity contribution in [1.29, 1.82) is 0 Å². The van der Waals surface area contributed by atoms with Crippen LogP contribution in [0.1, 0.15) is 30.8 Å². The van der Waals surface area contributed by atoms with Gasteiger partial charge in [-0.25, -0.2) is 4.39 Å². The molecule has 0 aliphatic heterocycles. The first kappa shape index (κ1) is 12.8. The Balaban J connectivity index is 2.16. The first-order valence-corrected chi connectivity index (χ1v) is 6.17. The van der Waals surface area contributed by atoms with E-state index >= 15 is 0 Å². The van der Waals surface area contributed by atoms with E-state index in [1.807, 2.05) is 12.1 Å². The number of nitrogens with one attached hydrogen (secondary N) is 1. The lowest BCUT2D eigenvalue weighted by atomic mass is 10.1. The molecule has 4 heteroatoms. The van der Waals surface area contributed by atoms with E-state index in [2.05, 4.69) is 17.2 Å². The average Bonchev–Trinajstić information content (AvgIpc) is 2.88. The Kier molecular flexibility index (Phi) is 4.47. The first-order chi connectivity index (χ1) is 8.81. The second-order valence-electron chi connectivity index (χ2n) is 4.16. The number of furan rings is 1. The molecule has 0 amide bonds. The second kappa shape index (κ2) is 6.31. The van der Waals surface area contributed by atoms with Gasteiger partial charge in [-0.3, -0.25) is 4.98 Å². The predicted molar refractivity (Wildman–Crippen MR) is 67.6 cm³/mol. The third kappa shape index (κ3) is 3.17. The van der Waals surface area contributed by atoms with Crippen LogP contribution in [0.5, 0.6) is 0 Å². The molecule has 0 aliphatic rings. The van der Waals surface area contributed by atoms with Crippen molar-refractivity contribution in [3.63, 3.8) is 0 Å². The minimum atomic E-state index is -0.280. The number of hydrogen-bond acceptors (Lipinski definition) is 3. The topological polar surface area (TPSA) is 38.1 Å². The number of aromatic nitrogens is 1. The fourth-order valence-electron chi connectivity index (χ4n) is 1.87. The van der Waals surface area contributed by atoms with E-state index in [4.69, 9.17) is 4.42 Å². The quantitative estimate of drug-likeness (QED) is 0.853. The smallest absolute Gasteiger partial charge is 0.146 e. The van der Waals surface area contributed by atoms with Crippen LogP contribution in [-0.2, 0) is 6.42 Å². The molecular formula is C14H17FN2O. The third-order valence-corrected chi connectivity index (χ3v) is 2.74. The first-order valence-electron chi connectivity index (χ1n) is 6.17. The lowest BCUT2D eigenvalue weighted by Gasteiger charge is -2.17. The number of rotatable bonds is 6. The summed E-state index contributed by atoms with van der Waals surface area (Å²) >= 11 is 0. The van der Waals surface area contributed by atoms with E-state index in [0.717, 1.165) is 18.7 Å². The van der Waals surface area contributed by atoms with E-state index in [1.54, 1.807) is 18.5 Å². The largest absolute Gasteiger partial charge is 0.469 e. The molecule has 0 saturated heterocycles. The minimum absolute atomic E-state index is 0.155. The monoisotopic (exact) mass is 248 g/mol. The van der Waals surface area contributed by atoms with Crippen molar-refractivity contribution >= 4 is 0 Å². The van der Waals surface area contributed by atoms with Gasteiger partial charge in [-0.2, -0.15) is 0 Å². The Labute approximate surface area is 106 Å². The third-order valence-electron chi connectivity index (χ3n) is 2.74. The molecular weight excluding hydrogens is 231 g/mol. The second-order valence-corrected chi connectivity index (χ2v) is 4.16. The highest BCUT2D eigenvalue weighted by molar-refractivity contribution is 5.14. The van der Waals surface area contributed by atoms with Crippen molar-refractivity contribution in [1.82, 2.24) is 10.3 Å². The lowest BCUT2D eigenvalue weighted by molar-refractivity contribution is 0.430. The van der Waals surface area contributed by atoms with Crippen LogP contribution in [0.2, 0.25) is 0 Å². The lowest BCUT2D eigenvalue weighted by Crippen LogP contribution is -2.25. The Morgan fingerprint density at radius 1 is 1.39 bits per heavy atom. The van der Waals surface area contributed by atoms with Crippen molar-refractivity contribution in [3.8, 4) is 0 Å². The van der Waals surface area contributed by atoms with E-state index in [0.29, 0.717) is 12.1 Å². The summed E-state index contributed by atoms with van der Waals surface area (Å²) in [6, 6.07) is 6.60. The molecule has 0 fully saturated rings. The summed E-state index contributed by atoms with van der Waals surface area (Å²) in [5, 5.41) is 3.30. The molecule has 2 heterocycles. The molecule has 0 aliphatic carbocycles. The zero-order chi connectivity index (χ0) is 12.8. The van der Waals surface area contributed by atoms with Gasteiger partial charge in [0.15, 0.2) is 0 Å². The molecule has 1 N–H and O–H groups in total. The van der Waals surface area contributed by atoms with E-state index in [1.165, 1.54) is 6.07 Å². The molecule has 18 heavy (non-hydrogen) atoms. The molecule has 2 aromatic heterocycles. The number of pyridine rings is 1. The SMILES string of the molecule is CCCNC(Cc1ccco1)c1ncccc1F. The molecule has 0 spiro atoms. The molecule has 3 nitrogen and oxygen atoms in total. The van der Waals surface area contributed by atoms with Gasteiger partial charge in [0, 0.05) is 12.6 Å².